The van der Waals surface area contributed by atoms with Gasteiger partial charge in [0, 0.05) is 12.7 Å². The summed E-state index contributed by atoms with van der Waals surface area (Å²) >= 11 is 1.03. The van der Waals surface area contributed by atoms with Crippen LogP contribution in [0.15, 0.2) is 34.2 Å². The molecule has 0 saturated heterocycles. The van der Waals surface area contributed by atoms with Gasteiger partial charge in [-0.05, 0) is 26.0 Å². The van der Waals surface area contributed by atoms with Crippen molar-refractivity contribution in [2.45, 2.75) is 25.7 Å². The highest BCUT2D eigenvalue weighted by Gasteiger charge is 2.21. The lowest BCUT2D eigenvalue weighted by molar-refractivity contribution is 0.0530. The van der Waals surface area contributed by atoms with E-state index in [1.165, 1.54) is 19.1 Å². The summed E-state index contributed by atoms with van der Waals surface area (Å²) < 4.78 is 31.0. The topological polar surface area (TPSA) is 94.8 Å². The van der Waals surface area contributed by atoms with Crippen LogP contribution in [0.4, 0.5) is 0 Å². The van der Waals surface area contributed by atoms with Crippen LogP contribution in [-0.2, 0) is 21.6 Å². The Balaban J connectivity index is 2.55. The third-order valence-corrected chi connectivity index (χ3v) is 6.80. The molecule has 0 bridgehead atoms. The zero-order valence-corrected chi connectivity index (χ0v) is 16.6. The van der Waals surface area contributed by atoms with E-state index in [-0.39, 0.29) is 22.8 Å². The third-order valence-electron chi connectivity index (χ3n) is 3.80. The number of nitrogens with zero attached hydrogens (tertiary/aromatic N) is 2. The molecule has 0 spiro atoms. The van der Waals surface area contributed by atoms with Gasteiger partial charge >= 0.3 is 5.97 Å². The van der Waals surface area contributed by atoms with Crippen LogP contribution in [0.25, 0.3) is 0 Å². The number of amides is 1. The molecule has 0 N–H and O–H groups in total. The summed E-state index contributed by atoms with van der Waals surface area (Å²) in [7, 11) is -1.88. The van der Waals surface area contributed by atoms with E-state index >= 15 is 0 Å². The Bertz CT molecular complexity index is 1020. The van der Waals surface area contributed by atoms with Gasteiger partial charge in [-0.15, -0.1) is 0 Å². The number of rotatable bonds is 5. The van der Waals surface area contributed by atoms with Crippen molar-refractivity contribution < 1.29 is 22.7 Å². The lowest BCUT2D eigenvalue weighted by Gasteiger charge is -2.05. The summed E-state index contributed by atoms with van der Waals surface area (Å²) in [6, 6.07) is 5.97. The van der Waals surface area contributed by atoms with Crippen LogP contribution >= 0.6 is 11.3 Å². The molecule has 1 heterocycles. The van der Waals surface area contributed by atoms with Crippen molar-refractivity contribution in [3.05, 3.63) is 45.2 Å². The molecule has 1 aromatic heterocycles. The molecule has 2 aromatic rings. The van der Waals surface area contributed by atoms with E-state index in [1.807, 2.05) is 0 Å². The fraction of sp³-hybridized carbons (Fsp3) is 0.353. The molecule has 0 saturated carbocycles. The highest BCUT2D eigenvalue weighted by atomic mass is 32.2. The Morgan fingerprint density at radius 3 is 2.50 bits per heavy atom. The maximum absolute atomic E-state index is 12.6. The Morgan fingerprint density at radius 2 is 1.88 bits per heavy atom. The average molecular weight is 396 g/mol. The molecule has 7 nitrogen and oxygen atoms in total. The van der Waals surface area contributed by atoms with Gasteiger partial charge in [0.1, 0.15) is 4.88 Å². The smallest absolute Gasteiger partial charge is 0.350 e. The number of carbonyl (C=O) groups is 2. The van der Waals surface area contributed by atoms with Gasteiger partial charge in [0.25, 0.3) is 5.91 Å². The third kappa shape index (κ3) is 3.94. The number of carbonyl (C=O) groups excluding carboxylic acids is 2. The van der Waals surface area contributed by atoms with Crippen LogP contribution in [0.5, 0.6) is 0 Å². The first-order valence-electron chi connectivity index (χ1n) is 7.97. The molecule has 140 valence electrons. The van der Waals surface area contributed by atoms with E-state index in [9.17, 15) is 18.0 Å². The van der Waals surface area contributed by atoms with Gasteiger partial charge in [-0.3, -0.25) is 4.79 Å². The molecule has 1 amide bonds. The van der Waals surface area contributed by atoms with Gasteiger partial charge in [0.2, 0.25) is 0 Å². The number of aromatic nitrogens is 1. The number of esters is 1. The van der Waals surface area contributed by atoms with Crippen LogP contribution in [0, 0.1) is 6.92 Å². The van der Waals surface area contributed by atoms with E-state index in [4.69, 9.17) is 4.74 Å². The second-order valence-electron chi connectivity index (χ2n) is 5.40. The van der Waals surface area contributed by atoms with E-state index in [0.717, 1.165) is 11.3 Å². The van der Waals surface area contributed by atoms with Gasteiger partial charge in [0.05, 0.1) is 22.8 Å². The fourth-order valence-electron chi connectivity index (χ4n) is 2.23. The van der Waals surface area contributed by atoms with Crippen LogP contribution in [0.1, 0.15) is 39.6 Å². The lowest BCUT2D eigenvalue weighted by Crippen LogP contribution is -2.16. The number of hydrogen-bond acceptors (Lipinski definition) is 6. The molecule has 2 rings (SSSR count). The molecule has 1 aromatic carbocycles. The van der Waals surface area contributed by atoms with Crippen LogP contribution < -0.4 is 4.80 Å². The molecule has 0 radical (unpaired) electrons. The molecular formula is C17H20N2O5S2. The van der Waals surface area contributed by atoms with E-state index < -0.39 is 21.7 Å². The molecule has 0 aliphatic rings. The first-order valence-corrected chi connectivity index (χ1v) is 10.4. The number of benzene rings is 1. The number of thiazole rings is 1. The highest BCUT2D eigenvalue weighted by molar-refractivity contribution is 7.91. The Hall–Kier alpha value is -2.26. The summed E-state index contributed by atoms with van der Waals surface area (Å²) in [4.78, 5) is 29.2. The SMILES string of the molecule is CCOC(=O)c1sc(=NC(=O)c2ccccc2S(=O)(=O)CC)n(C)c1C. The van der Waals surface area contributed by atoms with Crippen molar-refractivity contribution in [2.75, 3.05) is 12.4 Å². The maximum atomic E-state index is 12.6. The minimum Gasteiger partial charge on any atom is -0.462 e. The molecule has 0 aliphatic heterocycles. The summed E-state index contributed by atoms with van der Waals surface area (Å²) in [5.74, 6) is -1.27. The van der Waals surface area contributed by atoms with E-state index in [0.29, 0.717) is 15.4 Å². The summed E-state index contributed by atoms with van der Waals surface area (Å²) in [6.45, 7) is 5.19. The number of ether oxygens (including phenoxy) is 1. The van der Waals surface area contributed by atoms with Gasteiger partial charge < -0.3 is 9.30 Å². The Kier molecular flexibility index (Phi) is 6.14. The van der Waals surface area contributed by atoms with Crippen molar-refractivity contribution >= 4 is 33.1 Å². The molecule has 0 aliphatic carbocycles. The Morgan fingerprint density at radius 1 is 1.23 bits per heavy atom. The first kappa shape index (κ1) is 20.1. The average Bonchev–Trinajstić information content (AvgIpc) is 2.90. The Labute approximate surface area is 155 Å². The van der Waals surface area contributed by atoms with Gasteiger partial charge in [-0.1, -0.05) is 30.4 Å². The molecule has 9 heteroatoms. The summed E-state index contributed by atoms with van der Waals surface area (Å²) in [5.41, 5.74) is 0.632. The second-order valence-corrected chi connectivity index (χ2v) is 8.62. The van der Waals surface area contributed by atoms with Gasteiger partial charge in [-0.2, -0.15) is 4.99 Å². The van der Waals surface area contributed by atoms with Crippen molar-refractivity contribution in [1.29, 1.82) is 0 Å². The van der Waals surface area contributed by atoms with Crippen molar-refractivity contribution in [3.63, 3.8) is 0 Å². The largest absolute Gasteiger partial charge is 0.462 e. The molecule has 0 unspecified atom stereocenters. The molecular weight excluding hydrogens is 376 g/mol. The van der Waals surface area contributed by atoms with Crippen molar-refractivity contribution in [1.82, 2.24) is 4.57 Å². The zero-order chi connectivity index (χ0) is 19.5. The fourth-order valence-corrected chi connectivity index (χ4v) is 4.33. The van der Waals surface area contributed by atoms with E-state index in [1.54, 1.807) is 37.6 Å². The van der Waals surface area contributed by atoms with Crippen LogP contribution in [0.3, 0.4) is 0 Å². The van der Waals surface area contributed by atoms with Gasteiger partial charge in [-0.25, -0.2) is 13.2 Å². The minimum absolute atomic E-state index is 0.0121. The molecule has 26 heavy (non-hydrogen) atoms. The van der Waals surface area contributed by atoms with Crippen molar-refractivity contribution in [3.8, 4) is 0 Å². The van der Waals surface area contributed by atoms with Gasteiger partial charge in [0.15, 0.2) is 14.6 Å². The lowest BCUT2D eigenvalue weighted by atomic mass is 10.2. The minimum atomic E-state index is -3.56. The quantitative estimate of drug-likeness (QED) is 0.722. The highest BCUT2D eigenvalue weighted by Crippen LogP contribution is 2.18. The molecule has 0 fully saturated rings. The summed E-state index contributed by atoms with van der Waals surface area (Å²) in [6.07, 6.45) is 0. The standard InChI is InChI=1S/C17H20N2O5S2/c1-5-24-16(21)14-11(3)19(4)17(25-14)18-15(20)12-9-7-8-10-13(12)26(22,23)6-2/h7-10H,5-6H2,1-4H3. The predicted molar refractivity (Wildman–Crippen MR) is 98.0 cm³/mol. The monoisotopic (exact) mass is 396 g/mol. The predicted octanol–water partition coefficient (Wildman–Crippen LogP) is 2.11. The second kappa shape index (κ2) is 7.96. The number of hydrogen-bond donors (Lipinski definition) is 0. The zero-order valence-electron chi connectivity index (χ0n) is 15.0. The first-order chi connectivity index (χ1) is 12.2. The normalized spacial score (nSPS) is 12.2. The maximum Gasteiger partial charge on any atom is 0.350 e. The van der Waals surface area contributed by atoms with Crippen LogP contribution in [-0.4, -0.2) is 37.2 Å². The molecule has 0 atom stereocenters. The number of sulfone groups is 1. The van der Waals surface area contributed by atoms with E-state index in [2.05, 4.69) is 4.99 Å². The van der Waals surface area contributed by atoms with Crippen LogP contribution in [0.2, 0.25) is 0 Å². The van der Waals surface area contributed by atoms with Crippen molar-refractivity contribution in [2.24, 2.45) is 12.0 Å². The summed E-state index contributed by atoms with van der Waals surface area (Å²) in [5, 5.41) is 0.